The molecule has 0 spiro atoms. The normalized spacial score (nSPS) is 18.0. The molecule has 2 amide bonds. The molecule has 11 nitrogen and oxygen atoms in total. The molecule has 0 fully saturated rings. The Morgan fingerprint density at radius 3 is 2.09 bits per heavy atom. The number of hydrogen-bond donors (Lipinski definition) is 7. The molecular weight excluding hydrogens is 684 g/mol. The predicted octanol–water partition coefficient (Wildman–Crippen LogP) is 4.24. The number of aliphatic hydroxyl groups is 2. The van der Waals surface area contributed by atoms with Crippen LogP contribution in [0.4, 0.5) is 0 Å². The van der Waals surface area contributed by atoms with Gasteiger partial charge in [0.1, 0.15) is 11.8 Å². The Morgan fingerprint density at radius 2 is 1.46 bits per heavy atom. The van der Waals surface area contributed by atoms with Gasteiger partial charge in [-0.25, -0.2) is 0 Å². The molecular formula is C43H52N4O7. The quantitative estimate of drug-likeness (QED) is 0.0839. The van der Waals surface area contributed by atoms with Crippen LogP contribution in [0, 0.1) is 5.41 Å². The Kier molecular flexibility index (Phi) is 13.6. The van der Waals surface area contributed by atoms with Gasteiger partial charge in [0.05, 0.1) is 43.9 Å². The molecule has 2 unspecified atom stereocenters. The number of ether oxygens (including phenoxy) is 1. The zero-order chi connectivity index (χ0) is 38.8. The van der Waals surface area contributed by atoms with Crippen molar-refractivity contribution in [2.24, 2.45) is 5.41 Å². The summed E-state index contributed by atoms with van der Waals surface area (Å²) >= 11 is 0. The molecule has 0 aromatic heterocycles. The first-order valence-electron chi connectivity index (χ1n) is 18.3. The van der Waals surface area contributed by atoms with Crippen molar-refractivity contribution in [3.63, 3.8) is 0 Å². The van der Waals surface area contributed by atoms with Crippen LogP contribution in [0.3, 0.4) is 0 Å². The lowest BCUT2D eigenvalue weighted by Gasteiger charge is -2.37. The van der Waals surface area contributed by atoms with Crippen LogP contribution in [0.25, 0.3) is 0 Å². The smallest absolute Gasteiger partial charge is 0.305 e. The van der Waals surface area contributed by atoms with Gasteiger partial charge in [-0.3, -0.25) is 25.0 Å². The highest BCUT2D eigenvalue weighted by Gasteiger charge is 2.40. The summed E-state index contributed by atoms with van der Waals surface area (Å²) in [6, 6.07) is 28.9. The SMILES string of the molecule is COc1ccc(CN[C@@H](C(=O)NC2c3ccccc3C[C@H]2O)[C@H](O)[C@H](Cc2ccccc2)NC(=O)[C@@H](NC(CC(=O)O)c2ccccc2)C(C)(C)C)cc1. The summed E-state index contributed by atoms with van der Waals surface area (Å²) in [5.74, 6) is -1.34. The van der Waals surface area contributed by atoms with Gasteiger partial charge < -0.3 is 30.7 Å². The van der Waals surface area contributed by atoms with E-state index >= 15 is 0 Å². The van der Waals surface area contributed by atoms with Crippen molar-refractivity contribution in [2.75, 3.05) is 7.11 Å². The molecule has 286 valence electrons. The Balaban J connectivity index is 1.46. The van der Waals surface area contributed by atoms with E-state index < -0.39 is 65.6 Å². The molecule has 4 aromatic carbocycles. The number of carbonyl (C=O) groups excluding carboxylic acids is 2. The number of methoxy groups -OCH3 is 1. The van der Waals surface area contributed by atoms with E-state index in [2.05, 4.69) is 21.3 Å². The minimum Gasteiger partial charge on any atom is -0.497 e. The average Bonchev–Trinajstić information content (AvgIpc) is 3.47. The second-order valence-electron chi connectivity index (χ2n) is 15.0. The van der Waals surface area contributed by atoms with E-state index in [0.29, 0.717) is 12.2 Å². The van der Waals surface area contributed by atoms with Crippen molar-refractivity contribution in [1.82, 2.24) is 21.3 Å². The summed E-state index contributed by atoms with van der Waals surface area (Å²) in [5, 5.41) is 45.7. The largest absolute Gasteiger partial charge is 0.497 e. The van der Waals surface area contributed by atoms with E-state index in [1.807, 2.05) is 118 Å². The summed E-state index contributed by atoms with van der Waals surface area (Å²) in [6.45, 7) is 5.85. The third-order valence-electron chi connectivity index (χ3n) is 9.93. The molecule has 0 radical (unpaired) electrons. The van der Waals surface area contributed by atoms with Gasteiger partial charge in [-0.2, -0.15) is 0 Å². The molecule has 0 saturated heterocycles. The first-order chi connectivity index (χ1) is 25.8. The first kappa shape index (κ1) is 40.1. The number of aliphatic carboxylic acids is 1. The number of fused-ring (bicyclic) bond motifs is 1. The molecule has 4 aromatic rings. The lowest BCUT2D eigenvalue weighted by Crippen LogP contribution is -2.62. The van der Waals surface area contributed by atoms with Crippen molar-refractivity contribution >= 4 is 17.8 Å². The molecule has 7 atom stereocenters. The number of rotatable bonds is 17. The number of carboxylic acids is 1. The molecule has 0 heterocycles. The molecule has 11 heteroatoms. The van der Waals surface area contributed by atoms with Crippen molar-refractivity contribution in [2.45, 2.75) is 89.0 Å². The van der Waals surface area contributed by atoms with Crippen LogP contribution >= 0.6 is 0 Å². The molecule has 0 aliphatic heterocycles. The van der Waals surface area contributed by atoms with Gasteiger partial charge in [-0.1, -0.05) is 118 Å². The van der Waals surface area contributed by atoms with Gasteiger partial charge in [-0.05, 0) is 51.8 Å². The fourth-order valence-electron chi connectivity index (χ4n) is 7.01. The fourth-order valence-corrected chi connectivity index (χ4v) is 7.01. The van der Waals surface area contributed by atoms with Gasteiger partial charge in [0, 0.05) is 19.0 Å². The van der Waals surface area contributed by atoms with Crippen LogP contribution in [0.1, 0.15) is 67.1 Å². The summed E-state index contributed by atoms with van der Waals surface area (Å²) in [7, 11) is 1.58. The minimum atomic E-state index is -1.45. The third-order valence-corrected chi connectivity index (χ3v) is 9.93. The van der Waals surface area contributed by atoms with Crippen molar-refractivity contribution in [3.05, 3.63) is 137 Å². The molecule has 5 rings (SSSR count). The maximum absolute atomic E-state index is 14.4. The molecule has 0 saturated carbocycles. The molecule has 7 N–H and O–H groups in total. The number of amides is 2. The van der Waals surface area contributed by atoms with Crippen LogP contribution in [-0.4, -0.2) is 70.5 Å². The van der Waals surface area contributed by atoms with E-state index in [9.17, 15) is 29.7 Å². The fraction of sp³-hybridized carbons (Fsp3) is 0.372. The van der Waals surface area contributed by atoms with Crippen molar-refractivity contribution in [1.29, 1.82) is 0 Å². The van der Waals surface area contributed by atoms with Gasteiger partial charge in [0.2, 0.25) is 11.8 Å². The zero-order valence-corrected chi connectivity index (χ0v) is 31.2. The van der Waals surface area contributed by atoms with Gasteiger partial charge in [-0.15, -0.1) is 0 Å². The maximum atomic E-state index is 14.4. The first-order valence-corrected chi connectivity index (χ1v) is 18.3. The highest BCUT2D eigenvalue weighted by atomic mass is 16.5. The number of carboxylic acid groups (broad SMARTS) is 1. The topological polar surface area (TPSA) is 169 Å². The summed E-state index contributed by atoms with van der Waals surface area (Å²) in [4.78, 5) is 40.7. The molecule has 1 aliphatic carbocycles. The third kappa shape index (κ3) is 10.5. The Labute approximate surface area is 317 Å². The Hall–Kier alpha value is -5.07. The number of benzene rings is 4. The monoisotopic (exact) mass is 736 g/mol. The lowest BCUT2D eigenvalue weighted by atomic mass is 9.84. The van der Waals surface area contributed by atoms with Crippen LogP contribution in [0.5, 0.6) is 5.75 Å². The average molecular weight is 737 g/mol. The molecule has 0 bridgehead atoms. The van der Waals surface area contributed by atoms with Crippen LogP contribution in [0.15, 0.2) is 109 Å². The van der Waals surface area contributed by atoms with E-state index in [1.54, 1.807) is 19.2 Å². The lowest BCUT2D eigenvalue weighted by molar-refractivity contribution is -0.138. The summed E-state index contributed by atoms with van der Waals surface area (Å²) < 4.78 is 5.30. The minimum absolute atomic E-state index is 0.185. The Morgan fingerprint density at radius 1 is 0.833 bits per heavy atom. The second-order valence-corrected chi connectivity index (χ2v) is 15.0. The van der Waals surface area contributed by atoms with E-state index in [0.717, 1.165) is 27.8 Å². The molecule has 54 heavy (non-hydrogen) atoms. The van der Waals surface area contributed by atoms with E-state index in [4.69, 9.17) is 4.74 Å². The van der Waals surface area contributed by atoms with Crippen molar-refractivity contribution < 1.29 is 34.4 Å². The van der Waals surface area contributed by atoms with E-state index in [1.165, 1.54) is 0 Å². The number of hydrogen-bond acceptors (Lipinski definition) is 8. The summed E-state index contributed by atoms with van der Waals surface area (Å²) in [5.41, 5.74) is 3.43. The second kappa shape index (κ2) is 18.3. The number of aliphatic hydroxyl groups excluding tert-OH is 2. The highest BCUT2D eigenvalue weighted by molar-refractivity contribution is 5.85. The standard InChI is InChI=1S/C43H52N4O7/c1-43(2,3)40(45-33(25-36(49)50)29-15-9-6-10-16-29)42(53)46-34(23-27-13-7-5-8-14-27)39(51)38(44-26-28-19-21-31(54-4)22-20-28)41(52)47-37-32-18-12-11-17-30(32)24-35(37)48/h5-22,33-35,37-40,44-45,48,51H,23-26H2,1-4H3,(H,46,53)(H,47,52)(H,49,50)/t33?,34-,35+,37?,38+,39+,40+/m0/s1. The maximum Gasteiger partial charge on any atom is 0.305 e. The van der Waals surface area contributed by atoms with Crippen molar-refractivity contribution in [3.8, 4) is 5.75 Å². The number of carbonyl (C=O) groups is 3. The van der Waals surface area contributed by atoms with Crippen LogP contribution in [-0.2, 0) is 33.8 Å². The van der Waals surface area contributed by atoms with E-state index in [-0.39, 0.29) is 19.4 Å². The van der Waals surface area contributed by atoms with Crippen LogP contribution < -0.4 is 26.0 Å². The molecule has 1 aliphatic rings. The Bertz CT molecular complexity index is 1830. The number of nitrogens with one attached hydrogen (secondary N) is 4. The van der Waals surface area contributed by atoms with Gasteiger partial charge in [0.25, 0.3) is 0 Å². The zero-order valence-electron chi connectivity index (χ0n) is 31.2. The van der Waals surface area contributed by atoms with Gasteiger partial charge in [0.15, 0.2) is 0 Å². The highest BCUT2D eigenvalue weighted by Crippen LogP contribution is 2.32. The van der Waals surface area contributed by atoms with Gasteiger partial charge >= 0.3 is 5.97 Å². The summed E-state index contributed by atoms with van der Waals surface area (Å²) in [6.07, 6.45) is -2.00. The predicted molar refractivity (Wildman–Crippen MR) is 207 cm³/mol. The van der Waals surface area contributed by atoms with Crippen LogP contribution in [0.2, 0.25) is 0 Å².